The van der Waals surface area contributed by atoms with Gasteiger partial charge < -0.3 is 4.90 Å². The van der Waals surface area contributed by atoms with Gasteiger partial charge in [-0.3, -0.25) is 0 Å². The SMILES string of the molecule is Cc1ccc(Br)cc1S(=O)(=O)NC1CCN(C)CC1. The van der Waals surface area contributed by atoms with Crippen molar-refractivity contribution in [2.45, 2.75) is 30.7 Å². The average molecular weight is 347 g/mol. The summed E-state index contributed by atoms with van der Waals surface area (Å²) in [7, 11) is -1.37. The molecule has 0 aromatic heterocycles. The standard InChI is InChI=1S/C13H19BrN2O2S/c1-10-3-4-11(14)9-13(10)19(17,18)15-12-5-7-16(2)8-6-12/h3-4,9,12,15H,5-8H2,1-2H3. The molecule has 0 aliphatic carbocycles. The van der Waals surface area contributed by atoms with E-state index < -0.39 is 10.0 Å². The molecule has 0 unspecified atom stereocenters. The zero-order chi connectivity index (χ0) is 14.0. The van der Waals surface area contributed by atoms with Crippen molar-refractivity contribution in [3.8, 4) is 0 Å². The fourth-order valence-electron chi connectivity index (χ4n) is 2.27. The number of likely N-dealkylation sites (tertiary alicyclic amines) is 1. The van der Waals surface area contributed by atoms with E-state index in [0.717, 1.165) is 36.0 Å². The van der Waals surface area contributed by atoms with E-state index in [2.05, 4.69) is 32.6 Å². The van der Waals surface area contributed by atoms with Crippen molar-refractivity contribution in [2.75, 3.05) is 20.1 Å². The third kappa shape index (κ3) is 3.78. The molecule has 19 heavy (non-hydrogen) atoms. The number of hydrogen-bond acceptors (Lipinski definition) is 3. The lowest BCUT2D eigenvalue weighted by Crippen LogP contribution is -2.43. The number of halogens is 1. The number of nitrogens with one attached hydrogen (secondary N) is 1. The van der Waals surface area contributed by atoms with Gasteiger partial charge in [-0.1, -0.05) is 22.0 Å². The molecule has 1 fully saturated rings. The summed E-state index contributed by atoms with van der Waals surface area (Å²) in [5.41, 5.74) is 0.767. The number of piperidine rings is 1. The highest BCUT2D eigenvalue weighted by Crippen LogP contribution is 2.21. The number of aryl methyl sites for hydroxylation is 1. The Hall–Kier alpha value is -0.430. The molecule has 1 N–H and O–H groups in total. The molecule has 2 rings (SSSR count). The van der Waals surface area contributed by atoms with Crippen LogP contribution < -0.4 is 4.72 Å². The maximum absolute atomic E-state index is 12.4. The van der Waals surface area contributed by atoms with Crippen molar-refractivity contribution in [1.29, 1.82) is 0 Å². The van der Waals surface area contributed by atoms with Gasteiger partial charge in [0.15, 0.2) is 0 Å². The van der Waals surface area contributed by atoms with Gasteiger partial charge in [0.05, 0.1) is 4.90 Å². The molecule has 1 aromatic rings. The molecular weight excluding hydrogens is 328 g/mol. The van der Waals surface area contributed by atoms with E-state index in [1.807, 2.05) is 19.1 Å². The van der Waals surface area contributed by atoms with Crippen molar-refractivity contribution >= 4 is 26.0 Å². The zero-order valence-electron chi connectivity index (χ0n) is 11.2. The molecule has 6 heteroatoms. The Labute approximate surface area is 123 Å². The van der Waals surface area contributed by atoms with Gasteiger partial charge in [-0.15, -0.1) is 0 Å². The lowest BCUT2D eigenvalue weighted by atomic mass is 10.1. The Kier molecular flexibility index (Phi) is 4.66. The highest BCUT2D eigenvalue weighted by atomic mass is 79.9. The van der Waals surface area contributed by atoms with E-state index in [0.29, 0.717) is 4.90 Å². The molecule has 106 valence electrons. The molecule has 0 radical (unpaired) electrons. The summed E-state index contributed by atoms with van der Waals surface area (Å²) < 4.78 is 28.4. The maximum Gasteiger partial charge on any atom is 0.241 e. The second-order valence-electron chi connectivity index (χ2n) is 5.11. The van der Waals surface area contributed by atoms with E-state index in [1.54, 1.807) is 6.07 Å². The Morgan fingerprint density at radius 2 is 1.95 bits per heavy atom. The van der Waals surface area contributed by atoms with Crippen molar-refractivity contribution in [2.24, 2.45) is 0 Å². The monoisotopic (exact) mass is 346 g/mol. The zero-order valence-corrected chi connectivity index (χ0v) is 13.6. The van der Waals surface area contributed by atoms with Crippen LogP contribution in [0.1, 0.15) is 18.4 Å². The number of sulfonamides is 1. The fourth-order valence-corrected chi connectivity index (χ4v) is 4.36. The molecular formula is C13H19BrN2O2S. The lowest BCUT2D eigenvalue weighted by molar-refractivity contribution is 0.248. The van der Waals surface area contributed by atoms with Gasteiger partial charge >= 0.3 is 0 Å². The summed E-state index contributed by atoms with van der Waals surface area (Å²) in [5.74, 6) is 0. The molecule has 1 aliphatic heterocycles. The Balaban J connectivity index is 2.16. The molecule has 1 aromatic carbocycles. The van der Waals surface area contributed by atoms with Crippen LogP contribution in [0.15, 0.2) is 27.6 Å². The predicted octanol–water partition coefficient (Wildman–Crippen LogP) is 2.13. The molecule has 0 bridgehead atoms. The molecule has 1 heterocycles. The van der Waals surface area contributed by atoms with E-state index in [9.17, 15) is 8.42 Å². The van der Waals surface area contributed by atoms with Crippen molar-refractivity contribution in [3.63, 3.8) is 0 Å². The average Bonchev–Trinajstić information content (AvgIpc) is 2.35. The second-order valence-corrected chi connectivity index (χ2v) is 7.71. The molecule has 0 spiro atoms. The second kappa shape index (κ2) is 5.91. The number of benzene rings is 1. The van der Waals surface area contributed by atoms with Gasteiger partial charge in [0.2, 0.25) is 10.0 Å². The van der Waals surface area contributed by atoms with Crippen LogP contribution in [-0.2, 0) is 10.0 Å². The summed E-state index contributed by atoms with van der Waals surface area (Å²) in [6.07, 6.45) is 1.73. The Morgan fingerprint density at radius 1 is 1.32 bits per heavy atom. The summed E-state index contributed by atoms with van der Waals surface area (Å²) in [4.78, 5) is 2.58. The lowest BCUT2D eigenvalue weighted by Gasteiger charge is -2.29. The van der Waals surface area contributed by atoms with Crippen LogP contribution in [0.2, 0.25) is 0 Å². The minimum absolute atomic E-state index is 0.0413. The van der Waals surface area contributed by atoms with Crippen LogP contribution >= 0.6 is 15.9 Å². The van der Waals surface area contributed by atoms with Crippen LogP contribution in [0.4, 0.5) is 0 Å². The summed E-state index contributed by atoms with van der Waals surface area (Å²) in [6.45, 7) is 3.69. The largest absolute Gasteiger partial charge is 0.306 e. The van der Waals surface area contributed by atoms with Gasteiger partial charge in [0.1, 0.15) is 0 Å². The first-order valence-electron chi connectivity index (χ1n) is 6.35. The van der Waals surface area contributed by atoms with Crippen LogP contribution in [-0.4, -0.2) is 39.5 Å². The van der Waals surface area contributed by atoms with Gasteiger partial charge in [-0.2, -0.15) is 0 Å². The number of nitrogens with zero attached hydrogens (tertiary/aromatic N) is 1. The van der Waals surface area contributed by atoms with Crippen molar-refractivity contribution in [1.82, 2.24) is 9.62 Å². The quantitative estimate of drug-likeness (QED) is 0.911. The van der Waals surface area contributed by atoms with E-state index in [1.165, 1.54) is 0 Å². The van der Waals surface area contributed by atoms with Crippen molar-refractivity contribution < 1.29 is 8.42 Å². The Bertz CT molecular complexity index is 552. The van der Waals surface area contributed by atoms with E-state index in [-0.39, 0.29) is 6.04 Å². The predicted molar refractivity (Wildman–Crippen MR) is 79.7 cm³/mol. The molecule has 0 saturated carbocycles. The highest BCUT2D eigenvalue weighted by molar-refractivity contribution is 9.10. The van der Waals surface area contributed by atoms with Gasteiger partial charge in [0, 0.05) is 10.5 Å². The van der Waals surface area contributed by atoms with Crippen LogP contribution in [0.5, 0.6) is 0 Å². The van der Waals surface area contributed by atoms with Gasteiger partial charge in [-0.25, -0.2) is 13.1 Å². The summed E-state index contributed by atoms with van der Waals surface area (Å²) >= 11 is 3.32. The van der Waals surface area contributed by atoms with Crippen LogP contribution in [0.3, 0.4) is 0 Å². The first-order chi connectivity index (χ1) is 8.88. The first-order valence-corrected chi connectivity index (χ1v) is 8.63. The van der Waals surface area contributed by atoms with Crippen molar-refractivity contribution in [3.05, 3.63) is 28.2 Å². The normalized spacial score (nSPS) is 18.7. The third-order valence-electron chi connectivity index (χ3n) is 3.48. The minimum atomic E-state index is -3.43. The van der Waals surface area contributed by atoms with Gasteiger partial charge in [0.25, 0.3) is 0 Å². The van der Waals surface area contributed by atoms with Crippen LogP contribution in [0.25, 0.3) is 0 Å². The maximum atomic E-state index is 12.4. The fraction of sp³-hybridized carbons (Fsp3) is 0.538. The summed E-state index contributed by atoms with van der Waals surface area (Å²) in [6, 6.07) is 5.36. The first kappa shape index (κ1) is 15.0. The molecule has 0 amide bonds. The molecule has 4 nitrogen and oxygen atoms in total. The summed E-state index contributed by atoms with van der Waals surface area (Å²) in [5, 5.41) is 0. The number of rotatable bonds is 3. The molecule has 1 aliphatic rings. The topological polar surface area (TPSA) is 49.4 Å². The van der Waals surface area contributed by atoms with Crippen LogP contribution in [0, 0.1) is 6.92 Å². The van der Waals surface area contributed by atoms with Gasteiger partial charge in [-0.05, 0) is 57.6 Å². The highest BCUT2D eigenvalue weighted by Gasteiger charge is 2.24. The van der Waals surface area contributed by atoms with E-state index >= 15 is 0 Å². The number of hydrogen-bond donors (Lipinski definition) is 1. The third-order valence-corrected chi connectivity index (χ3v) is 5.64. The Morgan fingerprint density at radius 3 is 2.58 bits per heavy atom. The van der Waals surface area contributed by atoms with E-state index in [4.69, 9.17) is 0 Å². The minimum Gasteiger partial charge on any atom is -0.306 e. The molecule has 1 saturated heterocycles. The smallest absolute Gasteiger partial charge is 0.241 e. The molecule has 0 atom stereocenters.